The van der Waals surface area contributed by atoms with Crippen molar-refractivity contribution >= 4 is 27.5 Å². The van der Waals surface area contributed by atoms with Gasteiger partial charge in [-0.3, -0.25) is 0 Å². The van der Waals surface area contributed by atoms with Crippen molar-refractivity contribution in [3.63, 3.8) is 0 Å². The fourth-order valence-corrected chi connectivity index (χ4v) is 1.99. The van der Waals surface area contributed by atoms with Gasteiger partial charge in [0.05, 0.1) is 0 Å². The molecular weight excluding hydrogens is 306 g/mol. The highest BCUT2D eigenvalue weighted by Crippen LogP contribution is 2.31. The van der Waals surface area contributed by atoms with Gasteiger partial charge in [0, 0.05) is 22.0 Å². The molecule has 0 bridgehead atoms. The Labute approximate surface area is 105 Å². The lowest BCUT2D eigenvalue weighted by molar-refractivity contribution is -0.136. The van der Waals surface area contributed by atoms with E-state index in [0.29, 0.717) is 15.1 Å². The normalized spacial score (nSPS) is 13.9. The lowest BCUT2D eigenvalue weighted by Gasteiger charge is -2.15. The van der Waals surface area contributed by atoms with E-state index in [1.165, 1.54) is 0 Å². The van der Waals surface area contributed by atoms with Gasteiger partial charge in [-0.05, 0) is 30.2 Å². The minimum absolute atomic E-state index is 0.150. The third-order valence-corrected chi connectivity index (χ3v) is 3.05. The first kappa shape index (κ1) is 13.8. The highest BCUT2D eigenvalue weighted by atomic mass is 79.9. The molecule has 0 saturated heterocycles. The molecule has 0 spiro atoms. The van der Waals surface area contributed by atoms with Crippen molar-refractivity contribution < 1.29 is 13.2 Å². The quantitative estimate of drug-likeness (QED) is 0.876. The molecule has 0 unspecified atom stereocenters. The van der Waals surface area contributed by atoms with Crippen LogP contribution in [0.1, 0.15) is 24.4 Å². The van der Waals surface area contributed by atoms with Crippen molar-refractivity contribution in [2.45, 2.75) is 25.1 Å². The van der Waals surface area contributed by atoms with Crippen molar-refractivity contribution in [1.29, 1.82) is 0 Å². The molecule has 0 heterocycles. The summed E-state index contributed by atoms with van der Waals surface area (Å²) in [6.45, 7) is 0. The van der Waals surface area contributed by atoms with Crippen LogP contribution in [0.4, 0.5) is 13.2 Å². The molecule has 1 aromatic rings. The summed E-state index contributed by atoms with van der Waals surface area (Å²) in [5.74, 6) is 0. The van der Waals surface area contributed by atoms with Crippen LogP contribution in [0.3, 0.4) is 0 Å². The monoisotopic (exact) mass is 315 g/mol. The highest BCUT2D eigenvalue weighted by molar-refractivity contribution is 9.10. The molecule has 0 aliphatic carbocycles. The summed E-state index contributed by atoms with van der Waals surface area (Å²) < 4.78 is 36.7. The Balaban J connectivity index is 2.73. The molecule has 1 aromatic carbocycles. The van der Waals surface area contributed by atoms with E-state index >= 15 is 0 Å². The zero-order chi connectivity index (χ0) is 12.3. The summed E-state index contributed by atoms with van der Waals surface area (Å²) in [7, 11) is 0. The second-order valence-electron chi connectivity index (χ2n) is 3.43. The van der Waals surface area contributed by atoms with Gasteiger partial charge in [-0.1, -0.05) is 27.5 Å². The van der Waals surface area contributed by atoms with Crippen LogP contribution < -0.4 is 5.73 Å². The average Bonchev–Trinajstić information content (AvgIpc) is 2.17. The van der Waals surface area contributed by atoms with E-state index in [9.17, 15) is 13.2 Å². The van der Waals surface area contributed by atoms with E-state index in [0.717, 1.165) is 0 Å². The number of halogens is 5. The molecule has 2 N–H and O–H groups in total. The summed E-state index contributed by atoms with van der Waals surface area (Å²) in [4.78, 5) is 0. The molecule has 0 fully saturated rings. The Kier molecular flexibility index (Phi) is 4.64. The Bertz CT molecular complexity index is 368. The zero-order valence-corrected chi connectivity index (χ0v) is 10.5. The summed E-state index contributed by atoms with van der Waals surface area (Å²) in [6, 6.07) is 4.22. The Morgan fingerprint density at radius 1 is 1.38 bits per heavy atom. The molecule has 1 nitrogen and oxygen atoms in total. The van der Waals surface area contributed by atoms with Crippen LogP contribution in [0.2, 0.25) is 5.02 Å². The molecule has 6 heteroatoms. The van der Waals surface area contributed by atoms with Gasteiger partial charge >= 0.3 is 6.18 Å². The number of hydrogen-bond acceptors (Lipinski definition) is 1. The number of rotatable bonds is 3. The molecule has 0 aliphatic rings. The van der Waals surface area contributed by atoms with E-state index in [1.807, 2.05) is 0 Å². The SMILES string of the molecule is N[C@H](CCC(F)(F)F)c1cc(Cl)ccc1Br. The van der Waals surface area contributed by atoms with Crippen molar-refractivity contribution in [1.82, 2.24) is 0 Å². The molecule has 0 amide bonds. The number of benzene rings is 1. The number of hydrogen-bond donors (Lipinski definition) is 1. The van der Waals surface area contributed by atoms with Crippen molar-refractivity contribution in [2.24, 2.45) is 5.73 Å². The van der Waals surface area contributed by atoms with E-state index in [2.05, 4.69) is 15.9 Å². The largest absolute Gasteiger partial charge is 0.389 e. The van der Waals surface area contributed by atoms with Gasteiger partial charge in [-0.2, -0.15) is 13.2 Å². The number of nitrogens with two attached hydrogens (primary N) is 1. The zero-order valence-electron chi connectivity index (χ0n) is 8.19. The molecule has 0 aliphatic heterocycles. The van der Waals surface area contributed by atoms with E-state index in [1.54, 1.807) is 18.2 Å². The van der Waals surface area contributed by atoms with Crippen molar-refractivity contribution in [3.8, 4) is 0 Å². The predicted molar refractivity (Wildman–Crippen MR) is 61.4 cm³/mol. The van der Waals surface area contributed by atoms with E-state index in [-0.39, 0.29) is 6.42 Å². The Hall–Kier alpha value is -0.260. The second kappa shape index (κ2) is 5.38. The smallest absolute Gasteiger partial charge is 0.324 e. The topological polar surface area (TPSA) is 26.0 Å². The Morgan fingerprint density at radius 2 is 2.00 bits per heavy atom. The molecule has 1 rings (SSSR count). The minimum atomic E-state index is -4.18. The fourth-order valence-electron chi connectivity index (χ4n) is 1.27. The highest BCUT2D eigenvalue weighted by Gasteiger charge is 2.28. The van der Waals surface area contributed by atoms with Crippen LogP contribution in [0.5, 0.6) is 0 Å². The predicted octanol–water partition coefficient (Wildman–Crippen LogP) is 4.44. The van der Waals surface area contributed by atoms with Gasteiger partial charge in [0.1, 0.15) is 0 Å². The van der Waals surface area contributed by atoms with Crippen LogP contribution in [0.25, 0.3) is 0 Å². The second-order valence-corrected chi connectivity index (χ2v) is 4.72. The fraction of sp³-hybridized carbons (Fsp3) is 0.400. The molecule has 0 radical (unpaired) electrons. The van der Waals surface area contributed by atoms with Crippen LogP contribution in [-0.4, -0.2) is 6.18 Å². The summed E-state index contributed by atoms with van der Waals surface area (Å²) in [5, 5.41) is 0.459. The van der Waals surface area contributed by atoms with Gasteiger partial charge in [0.15, 0.2) is 0 Å². The van der Waals surface area contributed by atoms with Gasteiger partial charge in [-0.25, -0.2) is 0 Å². The lowest BCUT2D eigenvalue weighted by atomic mass is 10.0. The van der Waals surface area contributed by atoms with E-state index < -0.39 is 18.6 Å². The van der Waals surface area contributed by atoms with Crippen LogP contribution >= 0.6 is 27.5 Å². The van der Waals surface area contributed by atoms with Crippen LogP contribution in [-0.2, 0) is 0 Å². The number of alkyl halides is 3. The summed E-state index contributed by atoms with van der Waals surface area (Å²) >= 11 is 8.98. The molecule has 16 heavy (non-hydrogen) atoms. The van der Waals surface area contributed by atoms with Crippen molar-refractivity contribution in [3.05, 3.63) is 33.3 Å². The first-order chi connectivity index (χ1) is 7.29. The minimum Gasteiger partial charge on any atom is -0.324 e. The summed E-state index contributed by atoms with van der Waals surface area (Å²) in [5.41, 5.74) is 6.28. The van der Waals surface area contributed by atoms with Crippen LogP contribution in [0.15, 0.2) is 22.7 Å². The first-order valence-electron chi connectivity index (χ1n) is 4.57. The van der Waals surface area contributed by atoms with Gasteiger partial charge in [0.2, 0.25) is 0 Å². The first-order valence-corrected chi connectivity index (χ1v) is 5.74. The standard InChI is InChI=1S/C10H10BrClF3N/c11-8-2-1-6(12)5-7(8)9(16)3-4-10(13,14)15/h1-2,5,9H,3-4,16H2/t9-/m1/s1. The molecule has 90 valence electrons. The van der Waals surface area contributed by atoms with Crippen molar-refractivity contribution in [2.75, 3.05) is 0 Å². The lowest BCUT2D eigenvalue weighted by Crippen LogP contribution is -2.16. The van der Waals surface area contributed by atoms with E-state index in [4.69, 9.17) is 17.3 Å². The Morgan fingerprint density at radius 3 is 2.56 bits per heavy atom. The van der Waals surface area contributed by atoms with Gasteiger partial charge in [0.25, 0.3) is 0 Å². The maximum Gasteiger partial charge on any atom is 0.389 e. The molecule has 0 saturated carbocycles. The third-order valence-electron chi connectivity index (χ3n) is 2.10. The maximum atomic E-state index is 12.0. The molecule has 1 atom stereocenters. The van der Waals surface area contributed by atoms with Gasteiger partial charge in [-0.15, -0.1) is 0 Å². The van der Waals surface area contributed by atoms with Crippen LogP contribution in [0, 0.1) is 0 Å². The maximum absolute atomic E-state index is 12.0. The molecular formula is C10H10BrClF3N. The summed E-state index contributed by atoms with van der Waals surface area (Å²) in [6.07, 6.45) is -5.22. The molecule has 0 aromatic heterocycles. The average molecular weight is 317 g/mol. The third kappa shape index (κ3) is 4.31. The van der Waals surface area contributed by atoms with Gasteiger partial charge < -0.3 is 5.73 Å².